The summed E-state index contributed by atoms with van der Waals surface area (Å²) in [5.74, 6) is -0.260. The summed E-state index contributed by atoms with van der Waals surface area (Å²) in [5, 5.41) is 15.2. The summed E-state index contributed by atoms with van der Waals surface area (Å²) in [6, 6.07) is 3.04. The summed E-state index contributed by atoms with van der Waals surface area (Å²) in [6.45, 7) is 0.244. The Balaban J connectivity index is 1.66. The van der Waals surface area contributed by atoms with Gasteiger partial charge in [-0.05, 0) is 25.0 Å². The fourth-order valence-electron chi connectivity index (χ4n) is 2.34. The summed E-state index contributed by atoms with van der Waals surface area (Å²) in [7, 11) is 0. The van der Waals surface area contributed by atoms with Crippen molar-refractivity contribution >= 4 is 11.8 Å². The highest BCUT2D eigenvalue weighted by Crippen LogP contribution is 2.18. The number of furan rings is 1. The minimum Gasteiger partial charge on any atom is -0.459 e. The van der Waals surface area contributed by atoms with Gasteiger partial charge in [0.25, 0.3) is 5.91 Å². The zero-order valence-corrected chi connectivity index (χ0v) is 11.3. The van der Waals surface area contributed by atoms with E-state index >= 15 is 0 Å². The van der Waals surface area contributed by atoms with E-state index in [9.17, 15) is 14.7 Å². The van der Waals surface area contributed by atoms with E-state index in [0.717, 1.165) is 25.7 Å². The maximum Gasteiger partial charge on any atom is 0.286 e. The molecule has 1 aliphatic rings. The van der Waals surface area contributed by atoms with Crippen molar-refractivity contribution in [3.63, 3.8) is 0 Å². The van der Waals surface area contributed by atoms with Crippen molar-refractivity contribution in [2.75, 3.05) is 6.54 Å². The molecule has 2 unspecified atom stereocenters. The van der Waals surface area contributed by atoms with Crippen LogP contribution in [-0.2, 0) is 4.79 Å². The van der Waals surface area contributed by atoms with Gasteiger partial charge in [0.05, 0.1) is 18.4 Å². The second kappa shape index (κ2) is 7.09. The topological polar surface area (TPSA) is 91.6 Å². The fourth-order valence-corrected chi connectivity index (χ4v) is 2.34. The molecule has 3 N–H and O–H groups in total. The lowest BCUT2D eigenvalue weighted by atomic mass is 9.92. The van der Waals surface area contributed by atoms with E-state index in [1.807, 2.05) is 0 Å². The lowest BCUT2D eigenvalue weighted by Crippen LogP contribution is -2.45. The molecule has 6 nitrogen and oxygen atoms in total. The molecule has 0 aromatic carbocycles. The Morgan fingerprint density at radius 3 is 2.85 bits per heavy atom. The van der Waals surface area contributed by atoms with E-state index in [2.05, 4.69) is 10.6 Å². The normalized spacial score (nSPS) is 22.2. The van der Waals surface area contributed by atoms with Crippen LogP contribution in [0.1, 0.15) is 42.7 Å². The number of hydrogen-bond acceptors (Lipinski definition) is 4. The highest BCUT2D eigenvalue weighted by atomic mass is 16.3. The minimum absolute atomic E-state index is 0.156. The van der Waals surface area contributed by atoms with Crippen LogP contribution >= 0.6 is 0 Å². The van der Waals surface area contributed by atoms with E-state index in [-0.39, 0.29) is 36.6 Å². The third-order valence-corrected chi connectivity index (χ3v) is 3.46. The maximum atomic E-state index is 11.7. The lowest BCUT2D eigenvalue weighted by molar-refractivity contribution is -0.122. The van der Waals surface area contributed by atoms with Crippen molar-refractivity contribution < 1.29 is 19.1 Å². The van der Waals surface area contributed by atoms with Crippen LogP contribution in [0.5, 0.6) is 0 Å². The molecule has 0 radical (unpaired) electrons. The van der Waals surface area contributed by atoms with Gasteiger partial charge in [-0.25, -0.2) is 0 Å². The average Bonchev–Trinajstić information content (AvgIpc) is 2.95. The molecule has 1 aromatic heterocycles. The first-order valence-corrected chi connectivity index (χ1v) is 6.96. The molecule has 0 spiro atoms. The van der Waals surface area contributed by atoms with Crippen LogP contribution in [-0.4, -0.2) is 35.6 Å². The summed E-state index contributed by atoms with van der Waals surface area (Å²) < 4.78 is 4.94. The van der Waals surface area contributed by atoms with Gasteiger partial charge in [-0.3, -0.25) is 9.59 Å². The van der Waals surface area contributed by atoms with Gasteiger partial charge in [0.2, 0.25) is 5.91 Å². The highest BCUT2D eigenvalue weighted by molar-refractivity contribution is 5.91. The van der Waals surface area contributed by atoms with E-state index in [1.54, 1.807) is 12.1 Å². The van der Waals surface area contributed by atoms with Crippen molar-refractivity contribution in [3.8, 4) is 0 Å². The molecule has 1 heterocycles. The quantitative estimate of drug-likeness (QED) is 0.744. The molecular weight excluding hydrogens is 260 g/mol. The number of carbonyl (C=O) groups excluding carboxylic acids is 2. The zero-order chi connectivity index (χ0) is 14.4. The average molecular weight is 280 g/mol. The van der Waals surface area contributed by atoms with Crippen molar-refractivity contribution in [2.45, 2.75) is 44.2 Å². The van der Waals surface area contributed by atoms with Gasteiger partial charge in [-0.1, -0.05) is 12.8 Å². The van der Waals surface area contributed by atoms with Crippen LogP contribution in [0.2, 0.25) is 0 Å². The second-order valence-electron chi connectivity index (χ2n) is 5.01. The van der Waals surface area contributed by atoms with E-state index in [1.165, 1.54) is 6.26 Å². The van der Waals surface area contributed by atoms with Gasteiger partial charge in [0.15, 0.2) is 5.76 Å². The van der Waals surface area contributed by atoms with Crippen molar-refractivity contribution in [1.82, 2.24) is 10.6 Å². The summed E-state index contributed by atoms with van der Waals surface area (Å²) >= 11 is 0. The van der Waals surface area contributed by atoms with Crippen molar-refractivity contribution in [2.24, 2.45) is 0 Å². The molecule has 0 saturated heterocycles. The molecule has 6 heteroatoms. The molecule has 2 rings (SSSR count). The van der Waals surface area contributed by atoms with Crippen LogP contribution in [0.3, 0.4) is 0 Å². The van der Waals surface area contributed by atoms with E-state index < -0.39 is 6.10 Å². The first kappa shape index (κ1) is 14.6. The third-order valence-electron chi connectivity index (χ3n) is 3.46. The van der Waals surface area contributed by atoms with Crippen LogP contribution in [0, 0.1) is 0 Å². The van der Waals surface area contributed by atoms with Crippen molar-refractivity contribution in [1.29, 1.82) is 0 Å². The Morgan fingerprint density at radius 1 is 1.35 bits per heavy atom. The Kier molecular flexibility index (Phi) is 5.17. The summed E-state index contributed by atoms with van der Waals surface area (Å²) in [4.78, 5) is 23.3. The Bertz CT molecular complexity index is 444. The predicted octanol–water partition coefficient (Wildman–Crippen LogP) is 0.819. The van der Waals surface area contributed by atoms with Gasteiger partial charge in [-0.15, -0.1) is 0 Å². The molecule has 0 bridgehead atoms. The fraction of sp³-hybridized carbons (Fsp3) is 0.571. The van der Waals surface area contributed by atoms with Gasteiger partial charge >= 0.3 is 0 Å². The number of amides is 2. The van der Waals surface area contributed by atoms with Crippen LogP contribution < -0.4 is 10.6 Å². The molecule has 2 atom stereocenters. The van der Waals surface area contributed by atoms with Crippen LogP contribution in [0.15, 0.2) is 22.8 Å². The number of nitrogens with one attached hydrogen (secondary N) is 2. The molecule has 2 amide bonds. The van der Waals surface area contributed by atoms with Crippen LogP contribution in [0.4, 0.5) is 0 Å². The Morgan fingerprint density at radius 2 is 2.15 bits per heavy atom. The number of carbonyl (C=O) groups is 2. The molecule has 1 aliphatic carbocycles. The predicted molar refractivity (Wildman–Crippen MR) is 72.1 cm³/mol. The SMILES string of the molecule is O=C(CCNC(=O)c1ccco1)NC1CCCCC1O. The molecular formula is C14H20N2O4. The summed E-state index contributed by atoms with van der Waals surface area (Å²) in [5.41, 5.74) is 0. The first-order chi connectivity index (χ1) is 9.66. The Hall–Kier alpha value is -1.82. The molecule has 1 fully saturated rings. The highest BCUT2D eigenvalue weighted by Gasteiger charge is 2.24. The van der Waals surface area contributed by atoms with E-state index in [0.29, 0.717) is 0 Å². The van der Waals surface area contributed by atoms with E-state index in [4.69, 9.17) is 4.42 Å². The smallest absolute Gasteiger partial charge is 0.286 e. The standard InChI is InChI=1S/C14H20N2O4/c17-11-5-2-1-4-10(11)16-13(18)7-8-15-14(19)12-6-3-9-20-12/h3,6,9-11,17H,1-2,4-5,7-8H2,(H,15,19)(H,16,18). The third kappa shape index (κ3) is 4.09. The monoisotopic (exact) mass is 280 g/mol. The van der Waals surface area contributed by atoms with Crippen molar-refractivity contribution in [3.05, 3.63) is 24.2 Å². The first-order valence-electron chi connectivity index (χ1n) is 6.96. The Labute approximate surface area is 117 Å². The molecule has 1 aromatic rings. The summed E-state index contributed by atoms with van der Waals surface area (Å²) in [6.07, 6.45) is 4.74. The molecule has 20 heavy (non-hydrogen) atoms. The second-order valence-corrected chi connectivity index (χ2v) is 5.01. The number of rotatable bonds is 5. The number of aliphatic hydroxyl groups is 1. The van der Waals surface area contributed by atoms with Gasteiger partial charge in [-0.2, -0.15) is 0 Å². The number of hydrogen-bond donors (Lipinski definition) is 3. The molecule has 110 valence electrons. The minimum atomic E-state index is -0.453. The lowest BCUT2D eigenvalue weighted by Gasteiger charge is -2.28. The maximum absolute atomic E-state index is 11.7. The van der Waals surface area contributed by atoms with Crippen LogP contribution in [0.25, 0.3) is 0 Å². The van der Waals surface area contributed by atoms with Gasteiger partial charge < -0.3 is 20.2 Å². The number of aliphatic hydroxyl groups excluding tert-OH is 1. The largest absolute Gasteiger partial charge is 0.459 e. The van der Waals surface area contributed by atoms with Gasteiger partial charge in [0, 0.05) is 13.0 Å². The zero-order valence-electron chi connectivity index (χ0n) is 11.3. The van der Waals surface area contributed by atoms with Gasteiger partial charge in [0.1, 0.15) is 0 Å². The molecule has 0 aliphatic heterocycles. The molecule has 1 saturated carbocycles.